The molecule has 1 aromatic carbocycles. The molecular formula is C14H15F2NOS. The van der Waals surface area contributed by atoms with E-state index >= 15 is 0 Å². The first-order valence-electron chi connectivity index (χ1n) is 6.44. The van der Waals surface area contributed by atoms with Crippen LogP contribution in [0, 0.1) is 5.92 Å². The molecule has 2 nitrogen and oxygen atoms in total. The first-order valence-corrected chi connectivity index (χ1v) is 6.85. The molecule has 2 fully saturated rings. The highest BCUT2D eigenvalue weighted by molar-refractivity contribution is 7.80. The third-order valence-electron chi connectivity index (χ3n) is 3.74. The molecule has 1 saturated carbocycles. The summed E-state index contributed by atoms with van der Waals surface area (Å²) in [5.74, 6) is -2.21. The van der Waals surface area contributed by atoms with Gasteiger partial charge in [-0.3, -0.25) is 0 Å². The number of nitrogens with one attached hydrogen (secondary N) is 1. The van der Waals surface area contributed by atoms with Crippen LogP contribution in [0.2, 0.25) is 0 Å². The minimum absolute atomic E-state index is 0.0485. The molecule has 0 amide bonds. The van der Waals surface area contributed by atoms with Crippen molar-refractivity contribution in [1.29, 1.82) is 0 Å². The summed E-state index contributed by atoms with van der Waals surface area (Å²) in [6.07, 6.45) is 0.959. The molecule has 1 aromatic rings. The van der Waals surface area contributed by atoms with Gasteiger partial charge in [-0.2, -0.15) is 0 Å². The van der Waals surface area contributed by atoms with E-state index in [4.69, 9.17) is 17.0 Å². The van der Waals surface area contributed by atoms with Gasteiger partial charge in [0.25, 0.3) is 5.92 Å². The third kappa shape index (κ3) is 2.71. The highest BCUT2D eigenvalue weighted by Gasteiger charge is 2.57. The van der Waals surface area contributed by atoms with Gasteiger partial charge in [-0.05, 0) is 24.1 Å². The van der Waals surface area contributed by atoms with Crippen LogP contribution in [0.3, 0.4) is 0 Å². The molecule has 0 radical (unpaired) electrons. The summed E-state index contributed by atoms with van der Waals surface area (Å²) in [4.78, 5) is 0.881. The lowest BCUT2D eigenvalue weighted by molar-refractivity contribution is 0.0856. The Morgan fingerprint density at radius 3 is 2.53 bits per heavy atom. The van der Waals surface area contributed by atoms with Crippen LogP contribution in [0.5, 0.6) is 5.75 Å². The number of thiocarbonyl (C=S) groups is 1. The van der Waals surface area contributed by atoms with E-state index in [1.54, 1.807) is 0 Å². The van der Waals surface area contributed by atoms with E-state index in [2.05, 4.69) is 5.32 Å². The van der Waals surface area contributed by atoms with E-state index in [9.17, 15) is 8.78 Å². The first kappa shape index (κ1) is 12.8. The SMILES string of the molecule is FC1(F)CC1COc1ccc(C2CCNC2=S)cc1. The molecule has 1 aliphatic carbocycles. The summed E-state index contributed by atoms with van der Waals surface area (Å²) in [6, 6.07) is 7.59. The standard InChI is InChI=1S/C14H15F2NOS/c15-14(16)7-10(14)8-18-11-3-1-9(2-4-11)12-5-6-17-13(12)19/h1-4,10,12H,5-8H2,(H,17,19). The summed E-state index contributed by atoms with van der Waals surface area (Å²) >= 11 is 5.25. The minimum atomic E-state index is -2.51. The lowest BCUT2D eigenvalue weighted by Gasteiger charge is -2.11. The molecule has 2 aliphatic rings. The second-order valence-electron chi connectivity index (χ2n) is 5.17. The van der Waals surface area contributed by atoms with Crippen molar-refractivity contribution >= 4 is 17.2 Å². The number of rotatable bonds is 4. The second-order valence-corrected chi connectivity index (χ2v) is 5.61. The summed E-state index contributed by atoms with van der Waals surface area (Å²) in [5, 5.41) is 3.16. The van der Waals surface area contributed by atoms with Crippen LogP contribution in [-0.4, -0.2) is 24.1 Å². The van der Waals surface area contributed by atoms with E-state index < -0.39 is 11.8 Å². The number of alkyl halides is 2. The van der Waals surface area contributed by atoms with Gasteiger partial charge in [-0.15, -0.1) is 0 Å². The predicted octanol–water partition coefficient (Wildman–Crippen LogP) is 3.12. The van der Waals surface area contributed by atoms with Crippen molar-refractivity contribution in [3.63, 3.8) is 0 Å². The fourth-order valence-electron chi connectivity index (χ4n) is 2.36. The zero-order chi connectivity index (χ0) is 13.5. The van der Waals surface area contributed by atoms with Crippen LogP contribution in [0.15, 0.2) is 24.3 Å². The Labute approximate surface area is 116 Å². The number of benzene rings is 1. The van der Waals surface area contributed by atoms with Gasteiger partial charge in [0.15, 0.2) is 0 Å². The average molecular weight is 283 g/mol. The van der Waals surface area contributed by atoms with Gasteiger partial charge < -0.3 is 10.1 Å². The van der Waals surface area contributed by atoms with Crippen LogP contribution in [0.1, 0.15) is 24.3 Å². The van der Waals surface area contributed by atoms with Crippen LogP contribution < -0.4 is 10.1 Å². The Hall–Kier alpha value is -1.23. The maximum absolute atomic E-state index is 12.7. The maximum atomic E-state index is 12.7. The number of hydrogen-bond acceptors (Lipinski definition) is 2. The van der Waals surface area contributed by atoms with Crippen LogP contribution in [0.4, 0.5) is 8.78 Å². The molecule has 5 heteroatoms. The highest BCUT2D eigenvalue weighted by Crippen LogP contribution is 2.48. The van der Waals surface area contributed by atoms with Crippen molar-refractivity contribution in [1.82, 2.24) is 5.32 Å². The molecule has 0 spiro atoms. The Morgan fingerprint density at radius 1 is 1.32 bits per heavy atom. The molecule has 0 aromatic heterocycles. The Morgan fingerprint density at radius 2 is 2.00 bits per heavy atom. The number of halogens is 2. The molecule has 2 atom stereocenters. The topological polar surface area (TPSA) is 21.3 Å². The van der Waals surface area contributed by atoms with E-state index in [1.807, 2.05) is 24.3 Å². The highest BCUT2D eigenvalue weighted by atomic mass is 32.1. The monoisotopic (exact) mass is 283 g/mol. The average Bonchev–Trinajstić information content (AvgIpc) is 2.79. The Balaban J connectivity index is 1.58. The van der Waals surface area contributed by atoms with Gasteiger partial charge in [0.1, 0.15) is 5.75 Å². The molecule has 1 N–H and O–H groups in total. The maximum Gasteiger partial charge on any atom is 0.255 e. The molecule has 19 heavy (non-hydrogen) atoms. The largest absolute Gasteiger partial charge is 0.493 e. The van der Waals surface area contributed by atoms with Crippen molar-refractivity contribution in [3.05, 3.63) is 29.8 Å². The first-order chi connectivity index (χ1) is 9.06. The molecule has 3 rings (SSSR count). The predicted molar refractivity (Wildman–Crippen MR) is 72.9 cm³/mol. The number of ether oxygens (including phenoxy) is 1. The van der Waals surface area contributed by atoms with Gasteiger partial charge in [0.2, 0.25) is 0 Å². The Kier molecular flexibility index (Phi) is 3.17. The Bertz CT molecular complexity index is 489. The van der Waals surface area contributed by atoms with Gasteiger partial charge in [-0.25, -0.2) is 8.78 Å². The van der Waals surface area contributed by atoms with E-state index in [0.717, 1.165) is 23.5 Å². The molecule has 2 unspecified atom stereocenters. The summed E-state index contributed by atoms with van der Waals surface area (Å²) < 4.78 is 30.8. The molecule has 102 valence electrons. The van der Waals surface area contributed by atoms with Crippen LogP contribution in [-0.2, 0) is 0 Å². The molecule has 1 saturated heterocycles. The van der Waals surface area contributed by atoms with Crippen LogP contribution in [0.25, 0.3) is 0 Å². The summed E-state index contributed by atoms with van der Waals surface area (Å²) in [5.41, 5.74) is 1.15. The molecule has 0 bridgehead atoms. The van der Waals surface area contributed by atoms with Gasteiger partial charge >= 0.3 is 0 Å². The van der Waals surface area contributed by atoms with Gasteiger partial charge in [0, 0.05) is 18.9 Å². The molecular weight excluding hydrogens is 268 g/mol. The third-order valence-corrected chi connectivity index (χ3v) is 4.17. The molecule has 1 heterocycles. The smallest absolute Gasteiger partial charge is 0.255 e. The lowest BCUT2D eigenvalue weighted by atomic mass is 9.98. The number of hydrogen-bond donors (Lipinski definition) is 1. The second kappa shape index (κ2) is 4.71. The summed E-state index contributed by atoms with van der Waals surface area (Å²) in [6.45, 7) is 1.01. The quantitative estimate of drug-likeness (QED) is 0.858. The fraction of sp³-hybridized carbons (Fsp3) is 0.500. The van der Waals surface area contributed by atoms with Crippen LogP contribution >= 0.6 is 12.2 Å². The van der Waals surface area contributed by atoms with Crippen molar-refractivity contribution in [2.45, 2.75) is 24.7 Å². The van der Waals surface area contributed by atoms with Crippen molar-refractivity contribution in [2.75, 3.05) is 13.2 Å². The molecule has 1 aliphatic heterocycles. The normalized spacial score (nSPS) is 28.0. The van der Waals surface area contributed by atoms with Gasteiger partial charge in [-0.1, -0.05) is 24.4 Å². The lowest BCUT2D eigenvalue weighted by Crippen LogP contribution is -2.15. The zero-order valence-corrected chi connectivity index (χ0v) is 11.2. The van der Waals surface area contributed by atoms with E-state index in [-0.39, 0.29) is 18.9 Å². The zero-order valence-electron chi connectivity index (χ0n) is 10.4. The van der Waals surface area contributed by atoms with E-state index in [0.29, 0.717) is 5.75 Å². The summed E-state index contributed by atoms with van der Waals surface area (Å²) in [7, 11) is 0. The fourth-order valence-corrected chi connectivity index (χ4v) is 2.71. The van der Waals surface area contributed by atoms with E-state index in [1.165, 1.54) is 0 Å². The van der Waals surface area contributed by atoms with Gasteiger partial charge in [0.05, 0.1) is 17.5 Å². The van der Waals surface area contributed by atoms with Crippen molar-refractivity contribution in [3.8, 4) is 5.75 Å². The minimum Gasteiger partial charge on any atom is -0.493 e. The van der Waals surface area contributed by atoms with Crippen molar-refractivity contribution in [2.24, 2.45) is 5.92 Å². The van der Waals surface area contributed by atoms with Crippen molar-refractivity contribution < 1.29 is 13.5 Å².